The Morgan fingerprint density at radius 1 is 0.652 bits per heavy atom. The molecule has 0 aliphatic rings. The Kier molecular flexibility index (Phi) is 4.83. The summed E-state index contributed by atoms with van der Waals surface area (Å²) < 4.78 is 0. The van der Waals surface area contributed by atoms with Crippen molar-refractivity contribution < 1.29 is 5.11 Å². The molecule has 0 aliphatic heterocycles. The third kappa shape index (κ3) is 3.65. The molecule has 0 spiro atoms. The summed E-state index contributed by atoms with van der Waals surface area (Å²) in [6.07, 6.45) is 0. The molecule has 0 aromatic heterocycles. The van der Waals surface area contributed by atoms with E-state index in [1.54, 1.807) is 0 Å². The zero-order valence-corrected chi connectivity index (χ0v) is 13.3. The van der Waals surface area contributed by atoms with Crippen LogP contribution >= 0.6 is 11.8 Å². The zero-order chi connectivity index (χ0) is 16.0. The molecule has 0 fully saturated rings. The summed E-state index contributed by atoms with van der Waals surface area (Å²) in [5.41, 5.74) is 0.226. The van der Waals surface area contributed by atoms with Gasteiger partial charge in [0.2, 0.25) is 0 Å². The number of hydrogen-bond acceptors (Lipinski definition) is 2. The van der Waals surface area contributed by atoms with Crippen molar-refractivity contribution in [1.82, 2.24) is 0 Å². The molecule has 0 heterocycles. The molecular weight excluding hydrogens is 300 g/mol. The molecule has 0 radical (unpaired) electrons. The van der Waals surface area contributed by atoms with Gasteiger partial charge in [-0.25, -0.2) is 0 Å². The molecule has 0 saturated heterocycles. The van der Waals surface area contributed by atoms with Gasteiger partial charge in [0, 0.05) is 16.0 Å². The minimum absolute atomic E-state index is 0.771. The average molecular weight is 316 g/mol. The quantitative estimate of drug-likeness (QED) is 0.559. The van der Waals surface area contributed by atoms with Crippen molar-refractivity contribution in [1.29, 1.82) is 0 Å². The lowest BCUT2D eigenvalue weighted by Crippen LogP contribution is -2.25. The Morgan fingerprint density at radius 3 is 1.57 bits per heavy atom. The smallest absolute Gasteiger partial charge is 0.177 e. The summed E-state index contributed by atoms with van der Waals surface area (Å²) >= 11 is 1.42. The fourth-order valence-electron chi connectivity index (χ4n) is 2.32. The van der Waals surface area contributed by atoms with Gasteiger partial charge in [0.05, 0.1) is 0 Å². The topological polar surface area (TPSA) is 20.2 Å². The van der Waals surface area contributed by atoms with E-state index in [0.29, 0.717) is 0 Å². The van der Waals surface area contributed by atoms with Crippen molar-refractivity contribution in [2.24, 2.45) is 0 Å². The molecule has 1 nitrogen and oxygen atoms in total. The summed E-state index contributed by atoms with van der Waals surface area (Å²) in [5.74, 6) is 3.05. The summed E-state index contributed by atoms with van der Waals surface area (Å²) in [5, 5.41) is 14.3. The Hall–Kier alpha value is -2.47. The minimum atomic E-state index is -1.32. The van der Waals surface area contributed by atoms with Gasteiger partial charge < -0.3 is 5.11 Å². The first-order chi connectivity index (χ1) is 11.3. The summed E-state index contributed by atoms with van der Waals surface area (Å²) in [4.78, 5) is 1.06. The highest BCUT2D eigenvalue weighted by molar-refractivity contribution is 8.03. The Labute approximate surface area is 141 Å². The SMILES string of the molecule is OC(C#CSc1ccccc1)(c1ccccc1)c1ccccc1. The largest absolute Gasteiger partial charge is 0.369 e. The van der Waals surface area contributed by atoms with E-state index in [-0.39, 0.29) is 0 Å². The first kappa shape index (κ1) is 15.4. The maximum absolute atomic E-state index is 11.2. The van der Waals surface area contributed by atoms with Crippen LogP contribution < -0.4 is 0 Å². The normalized spacial score (nSPS) is 10.7. The molecule has 3 aromatic carbocycles. The fraction of sp³-hybridized carbons (Fsp3) is 0.0476. The van der Waals surface area contributed by atoms with E-state index in [2.05, 4.69) is 11.2 Å². The van der Waals surface area contributed by atoms with Crippen LogP contribution in [0.25, 0.3) is 0 Å². The van der Waals surface area contributed by atoms with Crippen LogP contribution in [0, 0.1) is 11.2 Å². The van der Waals surface area contributed by atoms with Crippen LogP contribution in [0.3, 0.4) is 0 Å². The van der Waals surface area contributed by atoms with Gasteiger partial charge in [-0.3, -0.25) is 0 Å². The second kappa shape index (κ2) is 7.19. The molecule has 0 bridgehead atoms. The number of thioether (sulfide) groups is 1. The Balaban J connectivity index is 1.97. The Morgan fingerprint density at radius 2 is 1.09 bits per heavy atom. The summed E-state index contributed by atoms with van der Waals surface area (Å²) in [6, 6.07) is 29.0. The lowest BCUT2D eigenvalue weighted by atomic mass is 9.87. The third-order valence-electron chi connectivity index (χ3n) is 3.53. The van der Waals surface area contributed by atoms with Gasteiger partial charge in [-0.1, -0.05) is 78.9 Å². The van der Waals surface area contributed by atoms with E-state index < -0.39 is 5.60 Å². The van der Waals surface area contributed by atoms with Crippen LogP contribution in [0.5, 0.6) is 0 Å². The Bertz CT molecular complexity index is 762. The minimum Gasteiger partial charge on any atom is -0.369 e. The predicted molar refractivity (Wildman–Crippen MR) is 96.0 cm³/mol. The van der Waals surface area contributed by atoms with E-state index in [1.165, 1.54) is 11.8 Å². The van der Waals surface area contributed by atoms with Gasteiger partial charge in [-0.2, -0.15) is 0 Å². The highest BCUT2D eigenvalue weighted by atomic mass is 32.2. The number of rotatable bonds is 3. The third-order valence-corrected chi connectivity index (χ3v) is 4.24. The molecule has 3 rings (SSSR count). The maximum Gasteiger partial charge on any atom is 0.177 e. The molecule has 0 saturated carbocycles. The molecule has 0 atom stereocenters. The molecule has 112 valence electrons. The lowest BCUT2D eigenvalue weighted by Gasteiger charge is -2.23. The first-order valence-corrected chi connectivity index (χ1v) is 8.18. The lowest BCUT2D eigenvalue weighted by molar-refractivity contribution is 0.145. The van der Waals surface area contributed by atoms with Crippen LogP contribution in [0.15, 0.2) is 95.9 Å². The summed E-state index contributed by atoms with van der Waals surface area (Å²) in [7, 11) is 0. The number of hydrogen-bond donors (Lipinski definition) is 1. The van der Waals surface area contributed by atoms with Crippen LogP contribution in [0.1, 0.15) is 11.1 Å². The second-order valence-electron chi connectivity index (χ2n) is 5.08. The average Bonchev–Trinajstić information content (AvgIpc) is 2.64. The van der Waals surface area contributed by atoms with Gasteiger partial charge in [0.1, 0.15) is 0 Å². The highest BCUT2D eigenvalue weighted by Crippen LogP contribution is 2.29. The maximum atomic E-state index is 11.2. The molecule has 23 heavy (non-hydrogen) atoms. The van der Waals surface area contributed by atoms with Crippen LogP contribution in [0.4, 0.5) is 0 Å². The monoisotopic (exact) mass is 316 g/mol. The van der Waals surface area contributed by atoms with Gasteiger partial charge in [-0.15, -0.1) is 0 Å². The molecule has 0 unspecified atom stereocenters. The van der Waals surface area contributed by atoms with E-state index in [9.17, 15) is 5.11 Å². The number of aliphatic hydroxyl groups is 1. The molecule has 1 N–H and O–H groups in total. The summed E-state index contributed by atoms with van der Waals surface area (Å²) in [6.45, 7) is 0. The van der Waals surface area contributed by atoms with E-state index >= 15 is 0 Å². The predicted octanol–water partition coefficient (Wildman–Crippen LogP) is 4.68. The van der Waals surface area contributed by atoms with Crippen LogP contribution in [0.2, 0.25) is 0 Å². The van der Waals surface area contributed by atoms with Crippen molar-refractivity contribution in [3.63, 3.8) is 0 Å². The molecular formula is C21H16OS. The molecule has 0 aliphatic carbocycles. The van der Waals surface area contributed by atoms with E-state index in [1.807, 2.05) is 91.0 Å². The van der Waals surface area contributed by atoms with Gasteiger partial charge in [0.15, 0.2) is 5.60 Å². The zero-order valence-electron chi connectivity index (χ0n) is 12.5. The van der Waals surface area contributed by atoms with Crippen molar-refractivity contribution in [2.45, 2.75) is 10.5 Å². The standard InChI is InChI=1S/C21H16OS/c22-21(18-10-4-1-5-11-18,19-12-6-2-7-13-19)16-17-23-20-14-8-3-9-15-20/h1-15,22H. The highest BCUT2D eigenvalue weighted by Gasteiger charge is 2.29. The molecule has 2 heteroatoms. The number of benzene rings is 3. The fourth-order valence-corrected chi connectivity index (χ4v) is 2.93. The van der Waals surface area contributed by atoms with Crippen LogP contribution in [-0.4, -0.2) is 5.11 Å². The molecule has 0 amide bonds. The van der Waals surface area contributed by atoms with Gasteiger partial charge in [-0.05, 0) is 35.1 Å². The van der Waals surface area contributed by atoms with Crippen molar-refractivity contribution in [3.8, 4) is 11.2 Å². The van der Waals surface area contributed by atoms with Crippen molar-refractivity contribution in [2.75, 3.05) is 0 Å². The van der Waals surface area contributed by atoms with Gasteiger partial charge >= 0.3 is 0 Å². The van der Waals surface area contributed by atoms with Gasteiger partial charge in [0.25, 0.3) is 0 Å². The molecule has 3 aromatic rings. The van der Waals surface area contributed by atoms with E-state index in [0.717, 1.165) is 16.0 Å². The van der Waals surface area contributed by atoms with Crippen molar-refractivity contribution >= 4 is 11.8 Å². The van der Waals surface area contributed by atoms with E-state index in [4.69, 9.17) is 0 Å². The second-order valence-corrected chi connectivity index (χ2v) is 5.96. The van der Waals surface area contributed by atoms with Crippen molar-refractivity contribution in [3.05, 3.63) is 102 Å². The van der Waals surface area contributed by atoms with Crippen LogP contribution in [-0.2, 0) is 5.60 Å². The first-order valence-electron chi connectivity index (χ1n) is 7.36.